The molecule has 1 aromatic heterocycles. The molecular weight excluding hydrogens is 254 g/mol. The Morgan fingerprint density at radius 1 is 1.53 bits per heavy atom. The van der Waals surface area contributed by atoms with Crippen molar-refractivity contribution in [3.63, 3.8) is 0 Å². The van der Waals surface area contributed by atoms with Crippen LogP contribution in [0.5, 0.6) is 0 Å². The second-order valence-corrected chi connectivity index (χ2v) is 3.53. The van der Waals surface area contributed by atoms with E-state index in [-0.39, 0.29) is 23.5 Å². The summed E-state index contributed by atoms with van der Waals surface area (Å²) in [6, 6.07) is 3.80. The number of carbonyl (C=O) groups excluding carboxylic acids is 1. The molecular formula is C9H9N7O3. The summed E-state index contributed by atoms with van der Waals surface area (Å²) < 4.78 is 0. The van der Waals surface area contributed by atoms with Crippen LogP contribution in [0, 0.1) is 10.1 Å². The summed E-state index contributed by atoms with van der Waals surface area (Å²) in [6.45, 7) is 0.125. The largest absolute Gasteiger partial charge is 0.372 e. The van der Waals surface area contributed by atoms with Gasteiger partial charge in [0, 0.05) is 11.6 Å². The second-order valence-electron chi connectivity index (χ2n) is 3.53. The van der Waals surface area contributed by atoms with Gasteiger partial charge in [0.25, 0.3) is 5.69 Å². The lowest BCUT2D eigenvalue weighted by molar-refractivity contribution is -0.384. The van der Waals surface area contributed by atoms with Crippen LogP contribution >= 0.6 is 0 Å². The topological polar surface area (TPSA) is 153 Å². The molecule has 0 radical (unpaired) electrons. The summed E-state index contributed by atoms with van der Waals surface area (Å²) in [5, 5.41) is 26.6. The molecule has 0 spiro atoms. The predicted molar refractivity (Wildman–Crippen MR) is 63.1 cm³/mol. The fourth-order valence-electron chi connectivity index (χ4n) is 1.42. The lowest BCUT2D eigenvalue weighted by atomic mass is 10.1. The van der Waals surface area contributed by atoms with Gasteiger partial charge in [0.15, 0.2) is 5.82 Å². The van der Waals surface area contributed by atoms with E-state index < -0.39 is 10.8 Å². The average Bonchev–Trinajstić information content (AvgIpc) is 2.88. The van der Waals surface area contributed by atoms with Crippen LogP contribution in [-0.2, 0) is 6.54 Å². The van der Waals surface area contributed by atoms with E-state index in [0.717, 1.165) is 0 Å². The van der Waals surface area contributed by atoms with Crippen molar-refractivity contribution in [1.82, 2.24) is 20.6 Å². The molecule has 19 heavy (non-hydrogen) atoms. The minimum atomic E-state index is -0.669. The van der Waals surface area contributed by atoms with Crippen molar-refractivity contribution >= 4 is 17.3 Å². The third-order valence-electron chi connectivity index (χ3n) is 2.30. The van der Waals surface area contributed by atoms with Gasteiger partial charge in [-0.05, 0) is 12.1 Å². The van der Waals surface area contributed by atoms with Crippen LogP contribution in [0.25, 0.3) is 0 Å². The summed E-state index contributed by atoms with van der Waals surface area (Å²) in [4.78, 5) is 21.3. The third-order valence-corrected chi connectivity index (χ3v) is 2.30. The van der Waals surface area contributed by atoms with E-state index in [2.05, 4.69) is 25.9 Å². The molecule has 10 heteroatoms. The van der Waals surface area contributed by atoms with Crippen LogP contribution < -0.4 is 11.1 Å². The smallest absolute Gasteiger partial charge is 0.292 e. The number of tetrazole rings is 1. The molecule has 2 aromatic rings. The molecule has 0 saturated carbocycles. The van der Waals surface area contributed by atoms with Gasteiger partial charge < -0.3 is 11.1 Å². The molecule has 0 aliphatic rings. The van der Waals surface area contributed by atoms with Gasteiger partial charge in [0.1, 0.15) is 5.69 Å². The highest BCUT2D eigenvalue weighted by atomic mass is 16.6. The van der Waals surface area contributed by atoms with Gasteiger partial charge in [-0.25, -0.2) is 0 Å². The van der Waals surface area contributed by atoms with E-state index in [4.69, 9.17) is 5.73 Å². The second kappa shape index (κ2) is 5.08. The standard InChI is InChI=1S/C9H9N7O3/c10-9(17)5-1-2-7(16(18)19)6(3-5)11-4-8-12-14-15-13-8/h1-3,11H,4H2,(H2,10,17)(H,12,13,14,15). The third kappa shape index (κ3) is 2.80. The molecule has 98 valence electrons. The van der Waals surface area contributed by atoms with Crippen molar-refractivity contribution in [3.05, 3.63) is 39.7 Å². The number of anilines is 1. The summed E-state index contributed by atoms with van der Waals surface area (Å²) in [7, 11) is 0. The number of benzene rings is 1. The van der Waals surface area contributed by atoms with Crippen molar-refractivity contribution in [3.8, 4) is 0 Å². The van der Waals surface area contributed by atoms with Crippen molar-refractivity contribution in [2.45, 2.75) is 6.54 Å². The van der Waals surface area contributed by atoms with Gasteiger partial charge in [-0.3, -0.25) is 14.9 Å². The number of aromatic amines is 1. The monoisotopic (exact) mass is 263 g/mol. The molecule has 0 bridgehead atoms. The van der Waals surface area contributed by atoms with Gasteiger partial charge in [-0.1, -0.05) is 5.21 Å². The van der Waals surface area contributed by atoms with E-state index in [1.54, 1.807) is 0 Å². The zero-order valence-corrected chi connectivity index (χ0v) is 9.53. The summed E-state index contributed by atoms with van der Waals surface area (Å²) in [5.74, 6) is -0.337. The molecule has 1 amide bonds. The Labute approximate surface area is 106 Å². The molecule has 0 aliphatic carbocycles. The van der Waals surface area contributed by atoms with Gasteiger partial charge in [-0.2, -0.15) is 5.21 Å². The Morgan fingerprint density at radius 2 is 2.32 bits per heavy atom. The lowest BCUT2D eigenvalue weighted by Gasteiger charge is -2.06. The number of hydrogen-bond acceptors (Lipinski definition) is 7. The number of H-pyrrole nitrogens is 1. The highest BCUT2D eigenvalue weighted by molar-refractivity contribution is 5.94. The van der Waals surface area contributed by atoms with E-state index in [9.17, 15) is 14.9 Å². The molecule has 4 N–H and O–H groups in total. The maximum atomic E-state index is 11.1. The number of hydrogen-bond donors (Lipinski definition) is 3. The van der Waals surface area contributed by atoms with Crippen molar-refractivity contribution in [2.24, 2.45) is 5.73 Å². The molecule has 0 aliphatic heterocycles. The maximum Gasteiger partial charge on any atom is 0.292 e. The van der Waals surface area contributed by atoms with Crippen LogP contribution in [-0.4, -0.2) is 31.5 Å². The molecule has 2 rings (SSSR count). The quantitative estimate of drug-likeness (QED) is 0.499. The van der Waals surface area contributed by atoms with Crippen LogP contribution in [0.2, 0.25) is 0 Å². The first-order valence-corrected chi connectivity index (χ1v) is 5.12. The molecule has 1 aromatic carbocycles. The Balaban J connectivity index is 2.27. The highest BCUT2D eigenvalue weighted by Crippen LogP contribution is 2.25. The zero-order valence-electron chi connectivity index (χ0n) is 9.53. The molecule has 0 unspecified atom stereocenters. The van der Waals surface area contributed by atoms with E-state index in [1.807, 2.05) is 0 Å². The molecule has 0 fully saturated rings. The number of primary amides is 1. The zero-order chi connectivity index (χ0) is 13.8. The fraction of sp³-hybridized carbons (Fsp3) is 0.111. The molecule has 0 saturated heterocycles. The van der Waals surface area contributed by atoms with Gasteiger partial charge in [0.05, 0.1) is 11.5 Å². The number of nitro groups is 1. The number of nitrogens with two attached hydrogens (primary N) is 1. The SMILES string of the molecule is NC(=O)c1ccc([N+](=O)[O-])c(NCc2nn[nH]n2)c1. The number of aromatic nitrogens is 4. The summed E-state index contributed by atoms with van der Waals surface area (Å²) >= 11 is 0. The molecule has 10 nitrogen and oxygen atoms in total. The Morgan fingerprint density at radius 3 is 2.89 bits per heavy atom. The lowest BCUT2D eigenvalue weighted by Crippen LogP contribution is -2.12. The van der Waals surface area contributed by atoms with Gasteiger partial charge >= 0.3 is 0 Å². The fourth-order valence-corrected chi connectivity index (χ4v) is 1.42. The average molecular weight is 263 g/mol. The number of carbonyl (C=O) groups is 1. The van der Waals surface area contributed by atoms with Crippen LogP contribution in [0.15, 0.2) is 18.2 Å². The summed E-state index contributed by atoms with van der Waals surface area (Å²) in [6.07, 6.45) is 0. The van der Waals surface area contributed by atoms with E-state index >= 15 is 0 Å². The predicted octanol–water partition coefficient (Wildman–Crippen LogP) is -0.181. The Bertz CT molecular complexity index is 610. The van der Waals surface area contributed by atoms with E-state index in [0.29, 0.717) is 5.82 Å². The minimum absolute atomic E-state index is 0.125. The van der Waals surface area contributed by atoms with E-state index in [1.165, 1.54) is 18.2 Å². The van der Waals surface area contributed by atoms with Crippen molar-refractivity contribution in [2.75, 3.05) is 5.32 Å². The van der Waals surface area contributed by atoms with Crippen LogP contribution in [0.1, 0.15) is 16.2 Å². The Kier molecular flexibility index (Phi) is 3.32. The van der Waals surface area contributed by atoms with Gasteiger partial charge in [0.2, 0.25) is 5.91 Å². The molecule has 1 heterocycles. The highest BCUT2D eigenvalue weighted by Gasteiger charge is 2.16. The first-order chi connectivity index (χ1) is 9.08. The van der Waals surface area contributed by atoms with Crippen molar-refractivity contribution in [1.29, 1.82) is 0 Å². The minimum Gasteiger partial charge on any atom is -0.372 e. The number of nitrogens with zero attached hydrogens (tertiary/aromatic N) is 4. The Hall–Kier alpha value is -3.04. The summed E-state index contributed by atoms with van der Waals surface area (Å²) in [5.41, 5.74) is 5.28. The number of nitro benzene ring substituents is 1. The first-order valence-electron chi connectivity index (χ1n) is 5.12. The number of nitrogens with one attached hydrogen (secondary N) is 2. The normalized spacial score (nSPS) is 10.1. The molecule has 0 atom stereocenters. The van der Waals surface area contributed by atoms with Crippen molar-refractivity contribution < 1.29 is 9.72 Å². The number of amides is 1. The van der Waals surface area contributed by atoms with Gasteiger partial charge in [-0.15, -0.1) is 10.2 Å². The van der Waals surface area contributed by atoms with Crippen LogP contribution in [0.4, 0.5) is 11.4 Å². The maximum absolute atomic E-state index is 11.1. The van der Waals surface area contributed by atoms with Crippen LogP contribution in [0.3, 0.4) is 0 Å². The first kappa shape index (κ1) is 12.4. The number of rotatable bonds is 5.